The fourth-order valence-electron chi connectivity index (χ4n) is 3.70. The van der Waals surface area contributed by atoms with Crippen LogP contribution >= 0.6 is 23.2 Å². The summed E-state index contributed by atoms with van der Waals surface area (Å²) in [5, 5.41) is 7.45. The highest BCUT2D eigenvalue weighted by Gasteiger charge is 2.11. The van der Waals surface area contributed by atoms with Crippen molar-refractivity contribution in [2.75, 3.05) is 0 Å². The fraction of sp³-hybridized carbons (Fsp3) is 0.0385. The van der Waals surface area contributed by atoms with E-state index < -0.39 is 11.2 Å². The number of hydrogen-bond donors (Lipinski definition) is 1. The standard InChI is InChI=1S/C26H17Cl2N3O3/c27-18-11-9-17(22(28)13-18)15-34-24-12-10-16-5-1-2-6-19(16)21(24)14-29-31-25(32)20-7-3-4-8-23(20)30-26(31)33/h1-14H,15H2,(H,30,33). The number of hydrogen-bond acceptors (Lipinski definition) is 4. The zero-order valence-corrected chi connectivity index (χ0v) is 19.2. The van der Waals surface area contributed by atoms with Gasteiger partial charge in [0.2, 0.25) is 0 Å². The molecule has 0 bridgehead atoms. The Morgan fingerprint density at radius 1 is 0.912 bits per heavy atom. The Morgan fingerprint density at radius 2 is 1.68 bits per heavy atom. The van der Waals surface area contributed by atoms with Crippen LogP contribution in [0.15, 0.2) is 93.6 Å². The van der Waals surface area contributed by atoms with Crippen LogP contribution in [0, 0.1) is 0 Å². The summed E-state index contributed by atoms with van der Waals surface area (Å²) in [5.74, 6) is 0.527. The summed E-state index contributed by atoms with van der Waals surface area (Å²) in [6.45, 7) is 0.200. The summed E-state index contributed by atoms with van der Waals surface area (Å²) in [5.41, 5.74) is 0.715. The van der Waals surface area contributed by atoms with Crippen LogP contribution in [-0.2, 0) is 6.61 Å². The van der Waals surface area contributed by atoms with Gasteiger partial charge in [-0.25, -0.2) is 4.79 Å². The van der Waals surface area contributed by atoms with E-state index in [-0.39, 0.29) is 6.61 Å². The Balaban J connectivity index is 1.58. The van der Waals surface area contributed by atoms with Crippen molar-refractivity contribution < 1.29 is 4.74 Å². The van der Waals surface area contributed by atoms with Crippen molar-refractivity contribution in [3.05, 3.63) is 121 Å². The number of nitrogens with one attached hydrogen (secondary N) is 1. The molecule has 1 heterocycles. The van der Waals surface area contributed by atoms with Gasteiger partial charge in [0.05, 0.1) is 17.1 Å². The molecule has 1 aromatic heterocycles. The van der Waals surface area contributed by atoms with Crippen molar-refractivity contribution in [2.24, 2.45) is 5.10 Å². The molecule has 0 radical (unpaired) electrons. The Kier molecular flexibility index (Phi) is 5.92. The molecule has 8 heteroatoms. The minimum absolute atomic E-state index is 0.200. The highest BCUT2D eigenvalue weighted by molar-refractivity contribution is 6.35. The molecule has 0 fully saturated rings. The van der Waals surface area contributed by atoms with E-state index in [0.717, 1.165) is 21.0 Å². The van der Waals surface area contributed by atoms with Crippen molar-refractivity contribution in [3.8, 4) is 5.75 Å². The van der Waals surface area contributed by atoms with Gasteiger partial charge in [-0.1, -0.05) is 71.7 Å². The Labute approximate surface area is 203 Å². The smallest absolute Gasteiger partial charge is 0.349 e. The average Bonchev–Trinajstić information content (AvgIpc) is 2.84. The summed E-state index contributed by atoms with van der Waals surface area (Å²) in [6, 6.07) is 23.4. The molecule has 0 spiro atoms. The van der Waals surface area contributed by atoms with Crippen LogP contribution in [0.1, 0.15) is 11.1 Å². The zero-order chi connectivity index (χ0) is 23.7. The second-order valence-corrected chi connectivity index (χ2v) is 8.40. The highest BCUT2D eigenvalue weighted by atomic mass is 35.5. The first-order valence-electron chi connectivity index (χ1n) is 10.4. The van der Waals surface area contributed by atoms with E-state index in [1.54, 1.807) is 42.5 Å². The van der Waals surface area contributed by atoms with Gasteiger partial charge in [-0.2, -0.15) is 5.10 Å². The van der Waals surface area contributed by atoms with Gasteiger partial charge in [-0.3, -0.25) is 4.79 Å². The van der Waals surface area contributed by atoms with Crippen LogP contribution in [0.2, 0.25) is 10.0 Å². The zero-order valence-electron chi connectivity index (χ0n) is 17.7. The normalized spacial score (nSPS) is 11.5. The monoisotopic (exact) mass is 489 g/mol. The van der Waals surface area contributed by atoms with E-state index in [2.05, 4.69) is 10.1 Å². The molecule has 4 aromatic carbocycles. The van der Waals surface area contributed by atoms with Gasteiger partial charge in [0, 0.05) is 21.2 Å². The third-order valence-electron chi connectivity index (χ3n) is 5.42. The molecule has 0 unspecified atom stereocenters. The van der Waals surface area contributed by atoms with Gasteiger partial charge in [0.1, 0.15) is 12.4 Å². The number of fused-ring (bicyclic) bond motifs is 2. The van der Waals surface area contributed by atoms with E-state index in [1.165, 1.54) is 6.21 Å². The van der Waals surface area contributed by atoms with Gasteiger partial charge in [0.25, 0.3) is 5.56 Å². The van der Waals surface area contributed by atoms with Gasteiger partial charge >= 0.3 is 5.69 Å². The number of H-pyrrole nitrogens is 1. The predicted octanol–water partition coefficient (Wildman–Crippen LogP) is 5.61. The molecule has 0 atom stereocenters. The predicted molar refractivity (Wildman–Crippen MR) is 137 cm³/mol. The van der Waals surface area contributed by atoms with E-state index in [1.807, 2.05) is 36.4 Å². The molecule has 6 nitrogen and oxygen atoms in total. The number of halogens is 2. The van der Waals surface area contributed by atoms with Crippen LogP contribution < -0.4 is 16.0 Å². The summed E-state index contributed by atoms with van der Waals surface area (Å²) in [6.07, 6.45) is 1.46. The van der Waals surface area contributed by atoms with Crippen molar-refractivity contribution in [1.29, 1.82) is 0 Å². The minimum atomic E-state index is -0.629. The van der Waals surface area contributed by atoms with Gasteiger partial charge in [-0.15, -0.1) is 4.68 Å². The number of aromatic amines is 1. The third kappa shape index (κ3) is 4.21. The second kappa shape index (κ2) is 9.17. The number of benzene rings is 4. The fourth-order valence-corrected chi connectivity index (χ4v) is 4.17. The Morgan fingerprint density at radius 3 is 2.50 bits per heavy atom. The summed E-state index contributed by atoms with van der Waals surface area (Å²) in [4.78, 5) is 28.1. The molecule has 5 rings (SSSR count). The number of aromatic nitrogens is 2. The summed E-state index contributed by atoms with van der Waals surface area (Å²) >= 11 is 12.3. The maximum absolute atomic E-state index is 12.9. The summed E-state index contributed by atoms with van der Waals surface area (Å²) in [7, 11) is 0. The molecule has 0 aliphatic rings. The first kappa shape index (κ1) is 21.9. The summed E-state index contributed by atoms with van der Waals surface area (Å²) < 4.78 is 6.89. The maximum Gasteiger partial charge on any atom is 0.349 e. The lowest BCUT2D eigenvalue weighted by atomic mass is 10.0. The van der Waals surface area contributed by atoms with Crippen molar-refractivity contribution in [2.45, 2.75) is 6.61 Å². The Hall–Kier alpha value is -3.87. The lowest BCUT2D eigenvalue weighted by Gasteiger charge is -2.13. The molecule has 0 aliphatic heterocycles. The quantitative estimate of drug-likeness (QED) is 0.326. The van der Waals surface area contributed by atoms with E-state index >= 15 is 0 Å². The molecular weight excluding hydrogens is 473 g/mol. The molecule has 34 heavy (non-hydrogen) atoms. The van der Waals surface area contributed by atoms with Crippen LogP contribution in [0.3, 0.4) is 0 Å². The highest BCUT2D eigenvalue weighted by Crippen LogP contribution is 2.29. The van der Waals surface area contributed by atoms with Crippen LogP contribution in [0.4, 0.5) is 0 Å². The van der Waals surface area contributed by atoms with Crippen molar-refractivity contribution in [3.63, 3.8) is 0 Å². The first-order valence-corrected chi connectivity index (χ1v) is 11.1. The topological polar surface area (TPSA) is 76.5 Å². The number of ether oxygens (including phenoxy) is 1. The van der Waals surface area contributed by atoms with E-state index in [4.69, 9.17) is 27.9 Å². The maximum atomic E-state index is 12.9. The average molecular weight is 490 g/mol. The lowest BCUT2D eigenvalue weighted by Crippen LogP contribution is -2.32. The molecule has 0 aliphatic carbocycles. The van der Waals surface area contributed by atoms with Crippen LogP contribution in [0.25, 0.3) is 21.7 Å². The number of para-hydroxylation sites is 1. The van der Waals surface area contributed by atoms with Gasteiger partial charge in [0.15, 0.2) is 0 Å². The molecule has 0 saturated carbocycles. The second-order valence-electron chi connectivity index (χ2n) is 7.56. The lowest BCUT2D eigenvalue weighted by molar-refractivity contribution is 0.306. The molecule has 1 N–H and O–H groups in total. The molecule has 168 valence electrons. The van der Waals surface area contributed by atoms with Crippen LogP contribution in [0.5, 0.6) is 5.75 Å². The third-order valence-corrected chi connectivity index (χ3v) is 6.00. The van der Waals surface area contributed by atoms with Crippen LogP contribution in [-0.4, -0.2) is 15.9 Å². The van der Waals surface area contributed by atoms with Crippen molar-refractivity contribution in [1.82, 2.24) is 9.66 Å². The molecule has 0 saturated heterocycles. The number of rotatable bonds is 5. The first-order chi connectivity index (χ1) is 16.5. The van der Waals surface area contributed by atoms with Gasteiger partial charge < -0.3 is 9.72 Å². The largest absolute Gasteiger partial charge is 0.488 e. The van der Waals surface area contributed by atoms with Crippen molar-refractivity contribution >= 4 is 51.1 Å². The Bertz CT molecular complexity index is 1690. The van der Waals surface area contributed by atoms with Gasteiger partial charge in [-0.05, 0) is 41.1 Å². The minimum Gasteiger partial charge on any atom is -0.488 e. The molecule has 0 amide bonds. The van der Waals surface area contributed by atoms with E-state index in [9.17, 15) is 9.59 Å². The molecule has 5 aromatic rings. The number of nitrogens with zero attached hydrogens (tertiary/aromatic N) is 2. The molecular formula is C26H17Cl2N3O3. The van der Waals surface area contributed by atoms with E-state index in [0.29, 0.717) is 32.3 Å². The SMILES string of the molecule is O=c1[nH]c2ccccc2c(=O)n1N=Cc1c(OCc2ccc(Cl)cc2Cl)ccc2ccccc12.